The number of thioether (sulfide) groups is 1. The minimum absolute atomic E-state index is 0.0510. The van der Waals surface area contributed by atoms with E-state index in [0.717, 1.165) is 5.75 Å². The number of aliphatic carboxylic acids is 1. The molecule has 8 heteroatoms. The largest absolute Gasteiger partial charge is 0.481 e. The Balaban J connectivity index is 1.90. The van der Waals surface area contributed by atoms with Crippen LogP contribution in [-0.2, 0) is 23.1 Å². The van der Waals surface area contributed by atoms with Crippen molar-refractivity contribution in [1.82, 2.24) is 14.7 Å². The van der Waals surface area contributed by atoms with Crippen LogP contribution in [0.2, 0.25) is 0 Å². The highest BCUT2D eigenvalue weighted by molar-refractivity contribution is 7.99. The number of carbonyl (C=O) groups is 2. The summed E-state index contributed by atoms with van der Waals surface area (Å²) < 4.78 is 1.24. The SMILES string of the molecule is Cn1nc(CC(=O)N2CCSCC2CC(=O)O)c2ccccc2c1=O. The van der Waals surface area contributed by atoms with Crippen LogP contribution in [0.3, 0.4) is 0 Å². The zero-order chi connectivity index (χ0) is 18.0. The number of aromatic nitrogens is 2. The molecule has 7 nitrogen and oxygen atoms in total. The van der Waals surface area contributed by atoms with Gasteiger partial charge >= 0.3 is 5.97 Å². The number of hydrogen-bond acceptors (Lipinski definition) is 5. The summed E-state index contributed by atoms with van der Waals surface area (Å²) in [5.74, 6) is 0.363. The first-order valence-electron chi connectivity index (χ1n) is 8.01. The number of fused-ring (bicyclic) bond motifs is 1. The van der Waals surface area contributed by atoms with Gasteiger partial charge in [-0.1, -0.05) is 18.2 Å². The molecule has 2 aromatic rings. The molecule has 1 aliphatic heterocycles. The van der Waals surface area contributed by atoms with Gasteiger partial charge in [0.15, 0.2) is 0 Å². The molecule has 0 spiro atoms. The molecule has 0 saturated carbocycles. The fourth-order valence-electron chi connectivity index (χ4n) is 3.11. The Bertz CT molecular complexity index is 880. The summed E-state index contributed by atoms with van der Waals surface area (Å²) in [6, 6.07) is 6.79. The lowest BCUT2D eigenvalue weighted by Gasteiger charge is -2.34. The third-order valence-corrected chi connectivity index (χ3v) is 5.40. The molecule has 3 rings (SSSR count). The van der Waals surface area contributed by atoms with E-state index in [4.69, 9.17) is 5.11 Å². The molecule has 132 valence electrons. The van der Waals surface area contributed by atoms with Crippen LogP contribution in [0, 0.1) is 0 Å². The minimum Gasteiger partial charge on any atom is -0.481 e. The van der Waals surface area contributed by atoms with Gasteiger partial charge in [0.25, 0.3) is 5.56 Å². The molecule has 0 bridgehead atoms. The van der Waals surface area contributed by atoms with Crippen LogP contribution < -0.4 is 5.56 Å². The Kier molecular flexibility index (Phi) is 5.08. The van der Waals surface area contributed by atoms with E-state index in [2.05, 4.69) is 5.10 Å². The van der Waals surface area contributed by atoms with Crippen LogP contribution in [0.15, 0.2) is 29.1 Å². The predicted molar refractivity (Wildman–Crippen MR) is 95.8 cm³/mol. The zero-order valence-corrected chi connectivity index (χ0v) is 14.7. The molecular formula is C17H19N3O4S. The van der Waals surface area contributed by atoms with Crippen molar-refractivity contribution in [3.8, 4) is 0 Å². The highest BCUT2D eigenvalue weighted by Gasteiger charge is 2.29. The standard InChI is InChI=1S/C17H19N3O4S/c1-19-17(24)13-5-3-2-4-12(13)14(18-19)9-15(21)20-6-7-25-10-11(20)8-16(22)23/h2-5,11H,6-10H2,1H3,(H,22,23). The van der Waals surface area contributed by atoms with Gasteiger partial charge in [0.05, 0.1) is 30.0 Å². The second-order valence-corrected chi connectivity index (χ2v) is 7.16. The second kappa shape index (κ2) is 7.26. The molecule has 1 atom stereocenters. The highest BCUT2D eigenvalue weighted by atomic mass is 32.2. The first kappa shape index (κ1) is 17.5. The van der Waals surface area contributed by atoms with Gasteiger partial charge in [-0.05, 0) is 6.07 Å². The lowest BCUT2D eigenvalue weighted by molar-refractivity contribution is -0.140. The van der Waals surface area contributed by atoms with Crippen LogP contribution in [0.25, 0.3) is 10.8 Å². The molecule has 0 aliphatic carbocycles. The van der Waals surface area contributed by atoms with Gasteiger partial charge in [-0.15, -0.1) is 0 Å². The Morgan fingerprint density at radius 2 is 2.04 bits per heavy atom. The summed E-state index contributed by atoms with van der Waals surface area (Å²) >= 11 is 1.66. The van der Waals surface area contributed by atoms with E-state index in [1.165, 1.54) is 4.68 Å². The normalized spacial score (nSPS) is 17.6. The van der Waals surface area contributed by atoms with E-state index in [0.29, 0.717) is 28.8 Å². The fourth-order valence-corrected chi connectivity index (χ4v) is 4.17. The predicted octanol–water partition coefficient (Wildman–Crippen LogP) is 0.895. The maximum absolute atomic E-state index is 12.8. The van der Waals surface area contributed by atoms with Crippen LogP contribution >= 0.6 is 11.8 Å². The Labute approximate surface area is 148 Å². The summed E-state index contributed by atoms with van der Waals surface area (Å²) in [5, 5.41) is 14.5. The number of amides is 1. The fraction of sp³-hybridized carbons (Fsp3) is 0.412. The van der Waals surface area contributed by atoms with Crippen molar-refractivity contribution < 1.29 is 14.7 Å². The summed E-state index contributed by atoms with van der Waals surface area (Å²) in [6.45, 7) is 0.533. The summed E-state index contributed by atoms with van der Waals surface area (Å²) in [6.07, 6.45) is -0.00435. The van der Waals surface area contributed by atoms with Crippen molar-refractivity contribution in [2.24, 2.45) is 7.05 Å². The topological polar surface area (TPSA) is 92.5 Å². The zero-order valence-electron chi connectivity index (χ0n) is 13.8. The van der Waals surface area contributed by atoms with Crippen molar-refractivity contribution in [3.63, 3.8) is 0 Å². The van der Waals surface area contributed by atoms with E-state index in [9.17, 15) is 14.4 Å². The Hall–Kier alpha value is -2.35. The number of carbonyl (C=O) groups excluding carboxylic acids is 1. The molecule has 1 aromatic heterocycles. The molecule has 1 aliphatic rings. The van der Waals surface area contributed by atoms with Crippen LogP contribution in [0.4, 0.5) is 0 Å². The van der Waals surface area contributed by atoms with Crippen LogP contribution in [0.5, 0.6) is 0 Å². The van der Waals surface area contributed by atoms with Crippen LogP contribution in [0.1, 0.15) is 12.1 Å². The Morgan fingerprint density at radius 3 is 2.76 bits per heavy atom. The van der Waals surface area contributed by atoms with E-state index in [1.807, 2.05) is 6.07 Å². The Morgan fingerprint density at radius 1 is 1.32 bits per heavy atom. The van der Waals surface area contributed by atoms with E-state index >= 15 is 0 Å². The average Bonchev–Trinajstić information content (AvgIpc) is 2.59. The van der Waals surface area contributed by atoms with Crippen LogP contribution in [-0.4, -0.2) is 55.8 Å². The maximum atomic E-state index is 12.8. The van der Waals surface area contributed by atoms with E-state index in [1.54, 1.807) is 41.9 Å². The molecule has 25 heavy (non-hydrogen) atoms. The lowest BCUT2D eigenvalue weighted by Crippen LogP contribution is -2.47. The average molecular weight is 361 g/mol. The molecule has 1 saturated heterocycles. The highest BCUT2D eigenvalue weighted by Crippen LogP contribution is 2.21. The lowest BCUT2D eigenvalue weighted by atomic mass is 10.1. The second-order valence-electron chi connectivity index (χ2n) is 6.01. The first-order valence-corrected chi connectivity index (χ1v) is 9.16. The molecule has 2 heterocycles. The molecule has 0 radical (unpaired) electrons. The number of benzene rings is 1. The maximum Gasteiger partial charge on any atom is 0.305 e. The third kappa shape index (κ3) is 3.68. The van der Waals surface area contributed by atoms with Crippen molar-refractivity contribution in [2.45, 2.75) is 18.9 Å². The third-order valence-electron chi connectivity index (χ3n) is 4.31. The first-order chi connectivity index (χ1) is 12.0. The number of rotatable bonds is 4. The minimum atomic E-state index is -0.906. The van der Waals surface area contributed by atoms with Gasteiger partial charge in [0.2, 0.25) is 5.91 Å². The van der Waals surface area contributed by atoms with Gasteiger partial charge in [-0.3, -0.25) is 14.4 Å². The smallest absolute Gasteiger partial charge is 0.305 e. The number of aryl methyl sites for hydroxylation is 1. The molecule has 1 amide bonds. The number of carboxylic acid groups (broad SMARTS) is 1. The van der Waals surface area contributed by atoms with Crippen molar-refractivity contribution in [1.29, 1.82) is 0 Å². The van der Waals surface area contributed by atoms with Gasteiger partial charge in [-0.25, -0.2) is 4.68 Å². The van der Waals surface area contributed by atoms with Gasteiger partial charge in [-0.2, -0.15) is 16.9 Å². The van der Waals surface area contributed by atoms with E-state index in [-0.39, 0.29) is 30.3 Å². The van der Waals surface area contributed by atoms with Crippen molar-refractivity contribution >= 4 is 34.4 Å². The van der Waals surface area contributed by atoms with E-state index < -0.39 is 5.97 Å². The van der Waals surface area contributed by atoms with Crippen molar-refractivity contribution in [2.75, 3.05) is 18.1 Å². The number of carboxylic acids is 1. The van der Waals surface area contributed by atoms with Gasteiger partial charge in [0, 0.05) is 30.5 Å². The molecular weight excluding hydrogens is 342 g/mol. The summed E-state index contributed by atoms with van der Waals surface area (Å²) in [4.78, 5) is 37.7. The molecule has 1 unspecified atom stereocenters. The van der Waals surface area contributed by atoms with Crippen molar-refractivity contribution in [3.05, 3.63) is 40.3 Å². The molecule has 1 aromatic carbocycles. The summed E-state index contributed by atoms with van der Waals surface area (Å²) in [7, 11) is 1.56. The quantitative estimate of drug-likeness (QED) is 0.870. The van der Waals surface area contributed by atoms with Gasteiger partial charge < -0.3 is 10.0 Å². The molecule has 1 fully saturated rings. The number of nitrogens with zero attached hydrogens (tertiary/aromatic N) is 3. The molecule has 1 N–H and O–H groups in total. The number of hydrogen-bond donors (Lipinski definition) is 1. The monoisotopic (exact) mass is 361 g/mol. The summed E-state index contributed by atoms with van der Waals surface area (Å²) in [5.41, 5.74) is 0.333. The van der Waals surface area contributed by atoms with Gasteiger partial charge in [0.1, 0.15) is 0 Å².